The molecule has 1 N–H and O–H groups in total. The van der Waals surface area contributed by atoms with Crippen molar-refractivity contribution in [2.45, 2.75) is 45.6 Å². The fraction of sp³-hybridized carbons (Fsp3) is 0.579. The fourth-order valence-electron chi connectivity index (χ4n) is 3.03. The van der Waals surface area contributed by atoms with E-state index in [9.17, 15) is 0 Å². The van der Waals surface area contributed by atoms with Crippen LogP contribution in [0.1, 0.15) is 50.2 Å². The molecule has 1 atom stereocenters. The quantitative estimate of drug-likeness (QED) is 0.857. The average Bonchev–Trinajstić information content (AvgIpc) is 2.74. The summed E-state index contributed by atoms with van der Waals surface area (Å²) < 4.78 is 0. The Bertz CT molecular complexity index is 486. The second-order valence-corrected chi connectivity index (χ2v) is 5.91. The zero-order valence-electron chi connectivity index (χ0n) is 13.1. The number of hydrogen-bond acceptors (Lipinski definition) is 2. The lowest BCUT2D eigenvalue weighted by molar-refractivity contribution is 0.272. The lowest BCUT2D eigenvalue weighted by Crippen LogP contribution is -2.24. The van der Waals surface area contributed by atoms with Gasteiger partial charge in [0.15, 0.2) is 0 Å². The van der Waals surface area contributed by atoms with Gasteiger partial charge in [-0.15, -0.1) is 0 Å². The Morgan fingerprint density at radius 3 is 2.90 bits per heavy atom. The van der Waals surface area contributed by atoms with Gasteiger partial charge in [0.1, 0.15) is 0 Å². The summed E-state index contributed by atoms with van der Waals surface area (Å²) in [7, 11) is 0. The van der Waals surface area contributed by atoms with Gasteiger partial charge in [-0.25, -0.2) is 0 Å². The first-order chi connectivity index (χ1) is 10.3. The van der Waals surface area contributed by atoms with Crippen LogP contribution in [0.15, 0.2) is 24.3 Å². The predicted octanol–water partition coefficient (Wildman–Crippen LogP) is 3.43. The molecule has 2 nitrogen and oxygen atoms in total. The summed E-state index contributed by atoms with van der Waals surface area (Å²) in [6, 6.07) is 8.42. The van der Waals surface area contributed by atoms with E-state index in [0.717, 1.165) is 18.0 Å². The largest absolute Gasteiger partial charge is 0.395 e. The van der Waals surface area contributed by atoms with Crippen molar-refractivity contribution in [1.82, 2.24) is 4.90 Å². The summed E-state index contributed by atoms with van der Waals surface area (Å²) >= 11 is 0. The Hall–Kier alpha value is -1.30. The first kappa shape index (κ1) is 16.1. The van der Waals surface area contributed by atoms with Crippen LogP contribution in [0.3, 0.4) is 0 Å². The van der Waals surface area contributed by atoms with E-state index in [1.54, 1.807) is 0 Å². The molecule has 0 saturated carbocycles. The summed E-state index contributed by atoms with van der Waals surface area (Å²) in [5.74, 6) is 7.15. The van der Waals surface area contributed by atoms with Crippen LogP contribution in [0.25, 0.3) is 0 Å². The number of rotatable bonds is 4. The molecule has 1 aromatic rings. The van der Waals surface area contributed by atoms with E-state index in [2.05, 4.69) is 41.9 Å². The van der Waals surface area contributed by atoms with Crippen molar-refractivity contribution in [3.63, 3.8) is 0 Å². The van der Waals surface area contributed by atoms with E-state index >= 15 is 0 Å². The number of nitrogens with zero attached hydrogens (tertiary/aromatic N) is 1. The third kappa shape index (κ3) is 5.19. The van der Waals surface area contributed by atoms with Crippen LogP contribution >= 0.6 is 0 Å². The van der Waals surface area contributed by atoms with E-state index in [1.807, 2.05) is 6.07 Å². The molecule has 1 fully saturated rings. The minimum atomic E-state index is 0.139. The second-order valence-electron chi connectivity index (χ2n) is 5.91. The molecular formula is C19H27NO. The topological polar surface area (TPSA) is 23.5 Å². The number of hydrogen-bond donors (Lipinski definition) is 1. The number of likely N-dealkylation sites (tertiary alicyclic amines) is 1. The van der Waals surface area contributed by atoms with Crippen LogP contribution in [0, 0.1) is 17.8 Å². The van der Waals surface area contributed by atoms with Gasteiger partial charge in [0, 0.05) is 18.5 Å². The molecule has 0 amide bonds. The van der Waals surface area contributed by atoms with Gasteiger partial charge in [-0.1, -0.05) is 43.4 Å². The first-order valence-electron chi connectivity index (χ1n) is 8.23. The Balaban J connectivity index is 2.01. The van der Waals surface area contributed by atoms with Crippen LogP contribution in [-0.4, -0.2) is 29.7 Å². The lowest BCUT2D eigenvalue weighted by Gasteiger charge is -2.21. The molecule has 0 aromatic heterocycles. The van der Waals surface area contributed by atoms with Crippen molar-refractivity contribution in [3.8, 4) is 11.8 Å². The van der Waals surface area contributed by atoms with Crippen molar-refractivity contribution < 1.29 is 5.11 Å². The standard InChI is InChI=1S/C19H27NO/c1-2-17-8-7-13-20(14-12-17)16-19-11-4-3-9-18(19)10-5-6-15-21/h3-4,9,11,17,21H,2,6-8,12-16H2,1H3. The highest BCUT2D eigenvalue weighted by atomic mass is 16.2. The maximum atomic E-state index is 8.84. The molecule has 2 heteroatoms. The molecule has 21 heavy (non-hydrogen) atoms. The minimum Gasteiger partial charge on any atom is -0.395 e. The predicted molar refractivity (Wildman–Crippen MR) is 87.9 cm³/mol. The van der Waals surface area contributed by atoms with E-state index in [0.29, 0.717) is 6.42 Å². The normalized spacial score (nSPS) is 19.6. The van der Waals surface area contributed by atoms with Crippen LogP contribution in [-0.2, 0) is 6.54 Å². The third-order valence-electron chi connectivity index (χ3n) is 4.39. The van der Waals surface area contributed by atoms with Gasteiger partial charge in [0.05, 0.1) is 6.61 Å². The second kappa shape index (κ2) is 8.87. The molecule has 114 valence electrons. The molecule has 0 aliphatic carbocycles. The average molecular weight is 285 g/mol. The highest BCUT2D eigenvalue weighted by Crippen LogP contribution is 2.22. The number of aliphatic hydroxyl groups excluding tert-OH is 1. The summed E-state index contributed by atoms with van der Waals surface area (Å²) in [4.78, 5) is 2.57. The van der Waals surface area contributed by atoms with Crippen LogP contribution < -0.4 is 0 Å². The summed E-state index contributed by atoms with van der Waals surface area (Å²) in [6.07, 6.45) is 5.89. The SMILES string of the molecule is CCC1CCCN(Cc2ccccc2C#CCCO)CC1. The van der Waals surface area contributed by atoms with Gasteiger partial charge in [0.25, 0.3) is 0 Å². The minimum absolute atomic E-state index is 0.139. The third-order valence-corrected chi connectivity index (χ3v) is 4.39. The fourth-order valence-corrected chi connectivity index (χ4v) is 3.03. The Labute approximate surface area is 129 Å². The van der Waals surface area contributed by atoms with Gasteiger partial charge in [0.2, 0.25) is 0 Å². The van der Waals surface area contributed by atoms with Gasteiger partial charge >= 0.3 is 0 Å². The monoisotopic (exact) mass is 285 g/mol. The molecular weight excluding hydrogens is 258 g/mol. The molecule has 1 aliphatic heterocycles. The maximum absolute atomic E-state index is 8.84. The molecule has 2 rings (SSSR count). The van der Waals surface area contributed by atoms with E-state index in [-0.39, 0.29) is 6.61 Å². The van der Waals surface area contributed by atoms with Gasteiger partial charge in [-0.2, -0.15) is 0 Å². The van der Waals surface area contributed by atoms with E-state index < -0.39 is 0 Å². The molecule has 1 aromatic carbocycles. The van der Waals surface area contributed by atoms with Gasteiger partial charge < -0.3 is 5.11 Å². The lowest BCUT2D eigenvalue weighted by atomic mass is 9.98. The number of benzene rings is 1. The maximum Gasteiger partial charge on any atom is 0.0540 e. The molecule has 1 unspecified atom stereocenters. The smallest absolute Gasteiger partial charge is 0.0540 e. The zero-order valence-corrected chi connectivity index (χ0v) is 13.1. The highest BCUT2D eigenvalue weighted by molar-refractivity contribution is 5.41. The van der Waals surface area contributed by atoms with Gasteiger partial charge in [-0.3, -0.25) is 4.90 Å². The molecule has 0 bridgehead atoms. The van der Waals surface area contributed by atoms with Crippen LogP contribution in [0.2, 0.25) is 0 Å². The molecule has 0 radical (unpaired) electrons. The van der Waals surface area contributed by atoms with Crippen molar-refractivity contribution in [2.75, 3.05) is 19.7 Å². The summed E-state index contributed by atoms with van der Waals surface area (Å²) in [5, 5.41) is 8.84. The molecule has 1 heterocycles. The molecule has 1 aliphatic rings. The first-order valence-corrected chi connectivity index (χ1v) is 8.23. The van der Waals surface area contributed by atoms with Crippen molar-refractivity contribution in [2.24, 2.45) is 5.92 Å². The van der Waals surface area contributed by atoms with E-state index in [4.69, 9.17) is 5.11 Å². The van der Waals surface area contributed by atoms with Crippen LogP contribution in [0.5, 0.6) is 0 Å². The number of aliphatic hydroxyl groups is 1. The summed E-state index contributed by atoms with van der Waals surface area (Å²) in [6.45, 7) is 5.86. The highest BCUT2D eigenvalue weighted by Gasteiger charge is 2.16. The Morgan fingerprint density at radius 2 is 2.10 bits per heavy atom. The molecule has 0 spiro atoms. The van der Waals surface area contributed by atoms with Crippen molar-refractivity contribution >= 4 is 0 Å². The van der Waals surface area contributed by atoms with Crippen LogP contribution in [0.4, 0.5) is 0 Å². The van der Waals surface area contributed by atoms with Crippen molar-refractivity contribution in [3.05, 3.63) is 35.4 Å². The van der Waals surface area contributed by atoms with E-state index in [1.165, 1.54) is 44.3 Å². The van der Waals surface area contributed by atoms with Gasteiger partial charge in [-0.05, 0) is 49.9 Å². The molecule has 1 saturated heterocycles. The summed E-state index contributed by atoms with van der Waals surface area (Å²) in [5.41, 5.74) is 2.43. The van der Waals surface area contributed by atoms with Crippen molar-refractivity contribution in [1.29, 1.82) is 0 Å². The Morgan fingerprint density at radius 1 is 1.24 bits per heavy atom. The zero-order chi connectivity index (χ0) is 14.9. The Kier molecular flexibility index (Phi) is 6.79.